The van der Waals surface area contributed by atoms with E-state index in [0.29, 0.717) is 6.54 Å². The van der Waals surface area contributed by atoms with Crippen LogP contribution in [0.2, 0.25) is 0 Å². The largest absolute Gasteiger partial charge is 0.389 e. The first-order valence-corrected chi connectivity index (χ1v) is 8.75. The lowest BCUT2D eigenvalue weighted by molar-refractivity contribution is 0.0823. The smallest absolute Gasteiger partial charge is 0.0915 e. The SMILES string of the molecule is CCc1ccc(NC2CCN(C=Cc3ccccc3)CC2O)cc1. The van der Waals surface area contributed by atoms with Crippen molar-refractivity contribution in [2.45, 2.75) is 31.9 Å². The van der Waals surface area contributed by atoms with Crippen LogP contribution < -0.4 is 5.32 Å². The summed E-state index contributed by atoms with van der Waals surface area (Å²) in [5.41, 5.74) is 3.61. The molecule has 1 saturated heterocycles. The van der Waals surface area contributed by atoms with Gasteiger partial charge in [-0.25, -0.2) is 0 Å². The molecule has 1 aliphatic rings. The number of rotatable bonds is 5. The van der Waals surface area contributed by atoms with Crippen molar-refractivity contribution >= 4 is 11.8 Å². The van der Waals surface area contributed by atoms with Crippen LogP contribution in [-0.4, -0.2) is 35.2 Å². The number of anilines is 1. The first-order chi connectivity index (χ1) is 11.7. The van der Waals surface area contributed by atoms with Crippen molar-refractivity contribution in [1.29, 1.82) is 0 Å². The topological polar surface area (TPSA) is 35.5 Å². The van der Waals surface area contributed by atoms with Crippen molar-refractivity contribution in [3.63, 3.8) is 0 Å². The lowest BCUT2D eigenvalue weighted by Gasteiger charge is -2.36. The van der Waals surface area contributed by atoms with Crippen LogP contribution in [0.25, 0.3) is 6.08 Å². The highest BCUT2D eigenvalue weighted by atomic mass is 16.3. The second-order valence-electron chi connectivity index (χ2n) is 6.38. The molecule has 24 heavy (non-hydrogen) atoms. The summed E-state index contributed by atoms with van der Waals surface area (Å²) in [5.74, 6) is 0. The van der Waals surface area contributed by atoms with E-state index in [0.717, 1.165) is 25.1 Å². The van der Waals surface area contributed by atoms with Gasteiger partial charge in [0.25, 0.3) is 0 Å². The maximum atomic E-state index is 10.5. The molecular weight excluding hydrogens is 296 g/mol. The normalized spacial score (nSPS) is 21.2. The molecular formula is C21H26N2O. The summed E-state index contributed by atoms with van der Waals surface area (Å²) >= 11 is 0. The number of benzene rings is 2. The average molecular weight is 322 g/mol. The monoisotopic (exact) mass is 322 g/mol. The summed E-state index contributed by atoms with van der Waals surface area (Å²) in [6.45, 7) is 3.77. The van der Waals surface area contributed by atoms with Gasteiger partial charge in [0.05, 0.1) is 12.1 Å². The maximum Gasteiger partial charge on any atom is 0.0915 e. The van der Waals surface area contributed by atoms with Gasteiger partial charge in [-0.15, -0.1) is 0 Å². The molecule has 0 radical (unpaired) electrons. The Labute approximate surface area is 144 Å². The molecule has 2 N–H and O–H groups in total. The van der Waals surface area contributed by atoms with Crippen molar-refractivity contribution in [2.75, 3.05) is 18.4 Å². The Balaban J connectivity index is 1.54. The van der Waals surface area contributed by atoms with Gasteiger partial charge in [0.15, 0.2) is 0 Å². The first kappa shape index (κ1) is 16.6. The van der Waals surface area contributed by atoms with E-state index < -0.39 is 0 Å². The third-order valence-corrected chi connectivity index (χ3v) is 4.60. The molecule has 2 atom stereocenters. The van der Waals surface area contributed by atoms with E-state index >= 15 is 0 Å². The quantitative estimate of drug-likeness (QED) is 0.879. The Morgan fingerprint density at radius 1 is 1.12 bits per heavy atom. The van der Waals surface area contributed by atoms with Crippen LogP contribution >= 0.6 is 0 Å². The van der Waals surface area contributed by atoms with Crippen molar-refractivity contribution in [3.05, 3.63) is 71.9 Å². The summed E-state index contributed by atoms with van der Waals surface area (Å²) in [6.07, 6.45) is 5.80. The minimum atomic E-state index is -0.370. The summed E-state index contributed by atoms with van der Waals surface area (Å²) in [4.78, 5) is 2.19. The standard InChI is InChI=1S/C21H26N2O/c1-2-17-8-10-19(11-9-17)22-20-13-15-23(16-21(20)24)14-12-18-6-4-3-5-7-18/h3-12,14,20-22,24H,2,13,15-16H2,1H3. The predicted octanol–water partition coefficient (Wildman–Crippen LogP) is 3.77. The Kier molecular flexibility index (Phi) is 5.55. The van der Waals surface area contributed by atoms with Crippen LogP contribution in [0, 0.1) is 0 Å². The summed E-state index contributed by atoms with van der Waals surface area (Å²) in [7, 11) is 0. The van der Waals surface area contributed by atoms with Crippen molar-refractivity contribution in [3.8, 4) is 0 Å². The molecule has 2 unspecified atom stereocenters. The molecule has 3 nitrogen and oxygen atoms in total. The Bertz CT molecular complexity index is 651. The van der Waals surface area contributed by atoms with Crippen LogP contribution in [0.3, 0.4) is 0 Å². The van der Waals surface area contributed by atoms with Crippen molar-refractivity contribution in [1.82, 2.24) is 4.90 Å². The lowest BCUT2D eigenvalue weighted by Crippen LogP contribution is -2.47. The van der Waals surface area contributed by atoms with Gasteiger partial charge in [0, 0.05) is 18.8 Å². The molecule has 0 amide bonds. The molecule has 1 fully saturated rings. The van der Waals surface area contributed by atoms with Gasteiger partial charge >= 0.3 is 0 Å². The maximum absolute atomic E-state index is 10.5. The molecule has 1 heterocycles. The van der Waals surface area contributed by atoms with Gasteiger partial charge in [-0.05, 0) is 48.4 Å². The molecule has 0 saturated carbocycles. The highest BCUT2D eigenvalue weighted by Crippen LogP contribution is 2.18. The number of hydrogen-bond donors (Lipinski definition) is 2. The third-order valence-electron chi connectivity index (χ3n) is 4.60. The fourth-order valence-electron chi connectivity index (χ4n) is 3.07. The van der Waals surface area contributed by atoms with Crippen LogP contribution in [-0.2, 0) is 6.42 Å². The molecule has 0 spiro atoms. The number of aryl methyl sites for hydroxylation is 1. The van der Waals surface area contributed by atoms with Gasteiger partial charge in [0.2, 0.25) is 0 Å². The molecule has 0 aliphatic carbocycles. The molecule has 3 heteroatoms. The van der Waals surface area contributed by atoms with E-state index in [4.69, 9.17) is 0 Å². The molecule has 126 valence electrons. The zero-order valence-corrected chi connectivity index (χ0v) is 14.2. The molecule has 3 rings (SSSR count). The van der Waals surface area contributed by atoms with E-state index in [9.17, 15) is 5.11 Å². The Hall–Kier alpha value is -2.26. The molecule has 2 aromatic carbocycles. The van der Waals surface area contributed by atoms with Gasteiger partial charge in [-0.1, -0.05) is 49.4 Å². The first-order valence-electron chi connectivity index (χ1n) is 8.75. The van der Waals surface area contributed by atoms with Crippen LogP contribution in [0.5, 0.6) is 0 Å². The number of piperidine rings is 1. The van der Waals surface area contributed by atoms with Gasteiger partial charge in [0.1, 0.15) is 0 Å². The second kappa shape index (κ2) is 8.02. The zero-order chi connectivity index (χ0) is 16.8. The lowest BCUT2D eigenvalue weighted by atomic mass is 10.0. The Morgan fingerprint density at radius 2 is 1.88 bits per heavy atom. The summed E-state index contributed by atoms with van der Waals surface area (Å²) in [6, 6.07) is 18.9. The van der Waals surface area contributed by atoms with Crippen LogP contribution in [0.15, 0.2) is 60.8 Å². The number of nitrogens with zero attached hydrogens (tertiary/aromatic N) is 1. The second-order valence-corrected chi connectivity index (χ2v) is 6.38. The molecule has 0 aromatic heterocycles. The Morgan fingerprint density at radius 3 is 2.54 bits per heavy atom. The van der Waals surface area contributed by atoms with Crippen LogP contribution in [0.4, 0.5) is 5.69 Å². The minimum Gasteiger partial charge on any atom is -0.389 e. The van der Waals surface area contributed by atoms with Gasteiger partial charge in [-0.2, -0.15) is 0 Å². The highest BCUT2D eigenvalue weighted by Gasteiger charge is 2.26. The number of nitrogens with one attached hydrogen (secondary N) is 1. The van der Waals surface area contributed by atoms with Crippen LogP contribution in [0.1, 0.15) is 24.5 Å². The minimum absolute atomic E-state index is 0.110. The van der Waals surface area contributed by atoms with Gasteiger partial charge < -0.3 is 15.3 Å². The number of β-amino-alcohol motifs (C(OH)–C–C–N with tert-alkyl or cyclic N) is 1. The third kappa shape index (κ3) is 4.39. The number of aliphatic hydroxyl groups is 1. The van der Waals surface area contributed by atoms with E-state index in [2.05, 4.69) is 65.8 Å². The van der Waals surface area contributed by atoms with E-state index in [1.165, 1.54) is 11.1 Å². The predicted molar refractivity (Wildman–Crippen MR) is 101 cm³/mol. The van der Waals surface area contributed by atoms with Crippen molar-refractivity contribution < 1.29 is 5.11 Å². The van der Waals surface area contributed by atoms with E-state index in [1.54, 1.807) is 0 Å². The number of likely N-dealkylation sites (tertiary alicyclic amines) is 1. The summed E-state index contributed by atoms with van der Waals surface area (Å²) in [5, 5.41) is 13.9. The van der Waals surface area contributed by atoms with E-state index in [1.807, 2.05) is 18.2 Å². The molecule has 1 aliphatic heterocycles. The fourth-order valence-corrected chi connectivity index (χ4v) is 3.07. The fraction of sp³-hybridized carbons (Fsp3) is 0.333. The highest BCUT2D eigenvalue weighted by molar-refractivity contribution is 5.48. The van der Waals surface area contributed by atoms with Crippen molar-refractivity contribution in [2.24, 2.45) is 0 Å². The molecule has 0 bridgehead atoms. The van der Waals surface area contributed by atoms with Gasteiger partial charge in [-0.3, -0.25) is 0 Å². The zero-order valence-electron chi connectivity index (χ0n) is 14.2. The summed E-state index contributed by atoms with van der Waals surface area (Å²) < 4.78 is 0. The number of hydrogen-bond acceptors (Lipinski definition) is 3. The average Bonchev–Trinajstić information content (AvgIpc) is 2.63. The van der Waals surface area contributed by atoms with E-state index in [-0.39, 0.29) is 12.1 Å². The number of aliphatic hydroxyl groups excluding tert-OH is 1. The molecule has 2 aromatic rings.